The lowest BCUT2D eigenvalue weighted by molar-refractivity contribution is -0.144. The van der Waals surface area contributed by atoms with E-state index in [1.54, 1.807) is 6.07 Å². The van der Waals surface area contributed by atoms with Crippen LogP contribution in [0.4, 0.5) is 8.78 Å². The van der Waals surface area contributed by atoms with Crippen LogP contribution < -0.4 is 27.0 Å². The van der Waals surface area contributed by atoms with Crippen LogP contribution in [0, 0.1) is 5.92 Å². The van der Waals surface area contributed by atoms with Crippen LogP contribution in [0.5, 0.6) is 0 Å². The first-order valence-corrected chi connectivity index (χ1v) is 29.2. The normalized spacial score (nSPS) is 21.6. The Morgan fingerprint density at radius 1 is 0.805 bits per heavy atom. The molecule has 5 atom stereocenters. The molecule has 82 heavy (non-hydrogen) atoms. The number of halogens is 2. The smallest absolute Gasteiger partial charge is 0.370 e. The molecule has 0 bridgehead atoms. The van der Waals surface area contributed by atoms with E-state index >= 15 is 4.79 Å². The molecule has 21 nitrogen and oxygen atoms in total. The first-order chi connectivity index (χ1) is 39.2. The van der Waals surface area contributed by atoms with Gasteiger partial charge < -0.3 is 51.2 Å². The summed E-state index contributed by atoms with van der Waals surface area (Å²) in [6.07, 6.45) is 2.84. The number of aromatic nitrogens is 1. The van der Waals surface area contributed by atoms with E-state index in [9.17, 15) is 56.7 Å². The molecule has 1 aromatic heterocycles. The first-order valence-electron chi connectivity index (χ1n) is 27.6. The lowest BCUT2D eigenvalue weighted by Gasteiger charge is -2.40. The van der Waals surface area contributed by atoms with Gasteiger partial charge in [-0.05, 0) is 110 Å². The number of piperidine rings is 2. The fourth-order valence-corrected chi connectivity index (χ4v) is 12.7. The van der Waals surface area contributed by atoms with Gasteiger partial charge >= 0.3 is 13.3 Å². The highest BCUT2D eigenvalue weighted by Gasteiger charge is 2.51. The van der Waals surface area contributed by atoms with Crippen LogP contribution in [0.15, 0.2) is 103 Å². The van der Waals surface area contributed by atoms with Gasteiger partial charge in [0.25, 0.3) is 11.8 Å². The quantitative estimate of drug-likeness (QED) is 0.0457. The maximum atomic E-state index is 15.2. The summed E-state index contributed by atoms with van der Waals surface area (Å²) in [5, 5.41) is 11.1. The summed E-state index contributed by atoms with van der Waals surface area (Å²) in [6, 6.07) is 23.0. The average molecular weight is 1150 g/mol. The number of carbonyl (C=O) groups excluding carboxylic acids is 8. The molecule has 0 saturated carbocycles. The van der Waals surface area contributed by atoms with Gasteiger partial charge in [0.2, 0.25) is 35.4 Å². The summed E-state index contributed by atoms with van der Waals surface area (Å²) in [5.41, 5.74) is 4.11. The number of nitrogens with one attached hydrogen (secondary N) is 5. The van der Waals surface area contributed by atoms with Gasteiger partial charge in [-0.25, -0.2) is 0 Å². The van der Waals surface area contributed by atoms with E-state index in [0.717, 1.165) is 60.3 Å². The third-order valence-corrected chi connectivity index (χ3v) is 17.5. The number of imide groups is 1. The van der Waals surface area contributed by atoms with Crippen molar-refractivity contribution >= 4 is 65.8 Å². The average Bonchev–Trinajstić information content (AvgIpc) is 4.34. The van der Waals surface area contributed by atoms with Gasteiger partial charge in [0.15, 0.2) is 0 Å². The van der Waals surface area contributed by atoms with E-state index in [4.69, 9.17) is 5.73 Å². The second kappa shape index (κ2) is 24.0. The molecule has 4 aromatic carbocycles. The minimum Gasteiger partial charge on any atom is -0.370 e. The zero-order chi connectivity index (χ0) is 58.0. The van der Waals surface area contributed by atoms with Crippen molar-refractivity contribution in [2.75, 3.05) is 32.7 Å². The third kappa shape index (κ3) is 12.5. The summed E-state index contributed by atoms with van der Waals surface area (Å²) >= 11 is 0. The third-order valence-electron chi connectivity index (χ3n) is 16.5. The van der Waals surface area contributed by atoms with Crippen LogP contribution in [-0.4, -0.2) is 145 Å². The van der Waals surface area contributed by atoms with Gasteiger partial charge in [-0.15, -0.1) is 0 Å². The number of carbonyl (C=O) groups is 8. The number of amides is 8. The van der Waals surface area contributed by atoms with E-state index in [0.29, 0.717) is 38.0 Å². The number of fused-ring (bicyclic) bond motifs is 3. The molecule has 4 saturated heterocycles. The molecule has 0 spiro atoms. The van der Waals surface area contributed by atoms with Gasteiger partial charge in [-0.2, -0.15) is 8.78 Å². The summed E-state index contributed by atoms with van der Waals surface area (Å²) in [7, 11) is -5.91. The Hall–Kier alpha value is -7.69. The molecular formula is C58H65F2N10O11P. The van der Waals surface area contributed by atoms with E-state index in [1.807, 2.05) is 72.8 Å². The van der Waals surface area contributed by atoms with Crippen molar-refractivity contribution in [1.29, 1.82) is 0 Å². The van der Waals surface area contributed by atoms with Crippen LogP contribution in [0.25, 0.3) is 10.9 Å². The van der Waals surface area contributed by atoms with Crippen LogP contribution in [0.1, 0.15) is 112 Å². The molecule has 6 heterocycles. The topological polar surface area (TPSA) is 297 Å². The number of H-pyrrole nitrogens is 1. The Labute approximate surface area is 470 Å². The van der Waals surface area contributed by atoms with Crippen molar-refractivity contribution < 1.29 is 61.5 Å². The monoisotopic (exact) mass is 1150 g/mol. The number of nitrogens with zero attached hydrogens (tertiary/aromatic N) is 4. The summed E-state index contributed by atoms with van der Waals surface area (Å²) in [6.45, 7) is 3.52. The van der Waals surface area contributed by atoms with Gasteiger partial charge in [-0.1, -0.05) is 78.9 Å². The number of hydrogen-bond donors (Lipinski definition) is 8. The molecule has 0 aliphatic carbocycles. The maximum absolute atomic E-state index is 15.2. The SMILES string of the molecule is NC(=O)CC[C@H](NC(=O)[C@@H]1CC[C@@H]2CCN(CC3CCN(Cc4ccc5c(c4)CN(C4CCC(=O)NC4=O)C5=O)CC3)C[C@H](NC(=O)c3cc4cc(C(F)(F)P(=O)(O)O)ccc4[nH]3)C(=O)N21)C(=O)NC(c1ccccc1)c1ccccc1. The van der Waals surface area contributed by atoms with E-state index in [2.05, 4.69) is 36.1 Å². The van der Waals surface area contributed by atoms with Crippen molar-refractivity contribution in [2.24, 2.45) is 11.7 Å². The minimum absolute atomic E-state index is 0.0366. The summed E-state index contributed by atoms with van der Waals surface area (Å²) in [4.78, 5) is 137. The molecule has 0 radical (unpaired) electrons. The predicted octanol–water partition coefficient (Wildman–Crippen LogP) is 3.89. The summed E-state index contributed by atoms with van der Waals surface area (Å²) in [5.74, 6) is -4.09. The van der Waals surface area contributed by atoms with Crippen molar-refractivity contribution in [3.63, 3.8) is 0 Å². The molecule has 8 amide bonds. The van der Waals surface area contributed by atoms with Crippen LogP contribution in [0.2, 0.25) is 0 Å². The Kier molecular flexibility index (Phi) is 16.9. The standard InChI is InChI=1S/C58H65F2N10O11P/c59-58(60,82(79,80)81)40-12-15-43-38(28-40)29-45(62-43)53(74)64-46-33-68(30-34-21-24-67(25-22-34)31-35-11-14-42-39(27-35)32-69(56(42)77)47-18-20-50(72)65-54(47)75)26-23-41-13-17-48(70(41)57(46)78)55(76)63-44(16-19-49(61)71)52(73)66-51(36-7-3-1-4-8-36)37-9-5-2-6-10-37/h1-12,14-15,27-29,34,41,44,46-48,51,62H,13,16-26,30-33H2,(H2,61,71)(H,63,76)(H,64,74)(H,66,73)(H,65,72,75)(H2,79,80,81)/t41-,44+,46+,47?,48+/m1/s1. The maximum Gasteiger partial charge on any atom is 0.399 e. The highest BCUT2D eigenvalue weighted by molar-refractivity contribution is 7.52. The zero-order valence-corrected chi connectivity index (χ0v) is 45.7. The van der Waals surface area contributed by atoms with Gasteiger partial charge in [0, 0.05) is 73.6 Å². The Morgan fingerprint density at radius 3 is 2.17 bits per heavy atom. The van der Waals surface area contributed by atoms with Crippen LogP contribution in [0.3, 0.4) is 0 Å². The number of rotatable bonds is 18. The highest BCUT2D eigenvalue weighted by atomic mass is 31.2. The largest absolute Gasteiger partial charge is 0.399 e. The summed E-state index contributed by atoms with van der Waals surface area (Å²) < 4.78 is 41.3. The lowest BCUT2D eigenvalue weighted by atomic mass is 9.94. The van der Waals surface area contributed by atoms with Gasteiger partial charge in [0.05, 0.1) is 6.04 Å². The van der Waals surface area contributed by atoms with Crippen molar-refractivity contribution in [3.8, 4) is 0 Å². The molecule has 5 aliphatic rings. The van der Waals surface area contributed by atoms with Crippen molar-refractivity contribution in [2.45, 2.75) is 113 Å². The van der Waals surface area contributed by atoms with Crippen molar-refractivity contribution in [1.82, 2.24) is 45.9 Å². The molecule has 10 rings (SSSR count). The molecule has 432 valence electrons. The molecule has 1 unspecified atom stereocenters. The lowest BCUT2D eigenvalue weighted by Crippen LogP contribution is -2.61. The highest BCUT2D eigenvalue weighted by Crippen LogP contribution is 2.59. The van der Waals surface area contributed by atoms with Crippen LogP contribution in [-0.2, 0) is 52.1 Å². The van der Waals surface area contributed by atoms with E-state index in [-0.39, 0.29) is 79.5 Å². The molecule has 5 aromatic rings. The van der Waals surface area contributed by atoms with E-state index < -0.39 is 90.5 Å². The fraction of sp³-hybridized carbons (Fsp3) is 0.414. The molecule has 5 aliphatic heterocycles. The number of hydrogen-bond acceptors (Lipinski definition) is 11. The molecule has 4 fully saturated rings. The second-order valence-electron chi connectivity index (χ2n) is 22.1. The Morgan fingerprint density at radius 2 is 1.50 bits per heavy atom. The zero-order valence-electron chi connectivity index (χ0n) is 44.8. The number of nitrogens with two attached hydrogens (primary N) is 1. The number of primary amides is 1. The van der Waals surface area contributed by atoms with Crippen molar-refractivity contribution in [3.05, 3.63) is 142 Å². The van der Waals surface area contributed by atoms with Gasteiger partial charge in [0.1, 0.15) is 29.9 Å². The first kappa shape index (κ1) is 57.5. The molecule has 24 heteroatoms. The Bertz CT molecular complexity index is 3300. The minimum atomic E-state index is -5.91. The number of benzene rings is 4. The molecular weight excluding hydrogens is 1080 g/mol. The predicted molar refractivity (Wildman–Crippen MR) is 294 cm³/mol. The number of aromatic amines is 1. The second-order valence-corrected chi connectivity index (χ2v) is 23.7. The Balaban J connectivity index is 0.842. The fourth-order valence-electron chi connectivity index (χ4n) is 12.2. The number of likely N-dealkylation sites (tertiary alicyclic amines) is 1. The van der Waals surface area contributed by atoms with Crippen LogP contribution >= 0.6 is 7.60 Å². The van der Waals surface area contributed by atoms with E-state index in [1.165, 1.54) is 21.9 Å². The number of alkyl halides is 2. The molecule has 9 N–H and O–H groups in total. The van der Waals surface area contributed by atoms with Gasteiger partial charge in [-0.3, -0.25) is 53.1 Å².